The van der Waals surface area contributed by atoms with E-state index in [-0.39, 0.29) is 11.4 Å². The summed E-state index contributed by atoms with van der Waals surface area (Å²) in [6, 6.07) is 6.14. The molecule has 0 unspecified atom stereocenters. The van der Waals surface area contributed by atoms with Gasteiger partial charge in [-0.1, -0.05) is 11.6 Å². The zero-order chi connectivity index (χ0) is 16.4. The monoisotopic (exact) mass is 332 g/mol. The molecule has 23 heavy (non-hydrogen) atoms. The molecule has 0 saturated carbocycles. The second kappa shape index (κ2) is 6.26. The van der Waals surface area contributed by atoms with Crippen LogP contribution in [0.5, 0.6) is 0 Å². The number of fused-ring (bicyclic) bond motifs is 1. The molecule has 0 aliphatic heterocycles. The summed E-state index contributed by atoms with van der Waals surface area (Å²) in [5, 5.41) is 4.43. The van der Waals surface area contributed by atoms with Gasteiger partial charge in [-0.15, -0.1) is 0 Å². The molecule has 0 spiro atoms. The molecule has 2 heterocycles. The Morgan fingerprint density at radius 1 is 1.39 bits per heavy atom. The van der Waals surface area contributed by atoms with Crippen molar-refractivity contribution in [2.75, 3.05) is 11.9 Å². The fourth-order valence-corrected chi connectivity index (χ4v) is 2.62. The Bertz CT molecular complexity index is 878. The second-order valence-electron chi connectivity index (χ2n) is 5.10. The first-order valence-electron chi connectivity index (χ1n) is 6.99. The Balaban J connectivity index is 1.68. The van der Waals surface area contributed by atoms with Crippen LogP contribution < -0.4 is 11.1 Å². The molecule has 0 atom stereocenters. The number of hydrogen-bond acceptors (Lipinski definition) is 3. The van der Waals surface area contributed by atoms with E-state index < -0.39 is 5.91 Å². The predicted octanol–water partition coefficient (Wildman–Crippen LogP) is 3.11. The maximum absolute atomic E-state index is 13.2. The number of pyridine rings is 1. The topological polar surface area (TPSA) is 83.8 Å². The van der Waals surface area contributed by atoms with Crippen molar-refractivity contribution in [2.45, 2.75) is 6.42 Å². The first-order valence-corrected chi connectivity index (χ1v) is 7.37. The Hall–Kier alpha value is -2.60. The lowest BCUT2D eigenvalue weighted by molar-refractivity contribution is 0.1000. The molecule has 0 aliphatic rings. The molecule has 1 amide bonds. The normalized spacial score (nSPS) is 10.9. The van der Waals surface area contributed by atoms with Crippen LogP contribution in [-0.4, -0.2) is 22.4 Å². The van der Waals surface area contributed by atoms with E-state index in [2.05, 4.69) is 15.3 Å². The first kappa shape index (κ1) is 15.3. The van der Waals surface area contributed by atoms with Crippen molar-refractivity contribution in [3.8, 4) is 0 Å². The lowest BCUT2D eigenvalue weighted by Gasteiger charge is -2.07. The van der Waals surface area contributed by atoms with Gasteiger partial charge in [0.05, 0.1) is 10.6 Å². The average molecular weight is 333 g/mol. The van der Waals surface area contributed by atoms with Crippen LogP contribution >= 0.6 is 11.6 Å². The standard InChI is InChI=1S/C16H14ClFN4O/c17-13-5-10(15(19)23)8-22-16(13)20-4-3-9-7-21-14-6-11(18)1-2-12(9)14/h1-2,5-8,21H,3-4H2,(H2,19,23)(H,20,22). The SMILES string of the molecule is NC(=O)c1cnc(NCCc2c[nH]c3cc(F)ccc23)c(Cl)c1. The molecule has 7 heteroatoms. The van der Waals surface area contributed by atoms with Crippen LogP contribution in [0.2, 0.25) is 5.02 Å². The predicted molar refractivity (Wildman–Crippen MR) is 88.2 cm³/mol. The minimum absolute atomic E-state index is 0.263. The van der Waals surface area contributed by atoms with Crippen LogP contribution in [0.4, 0.5) is 10.2 Å². The summed E-state index contributed by atoms with van der Waals surface area (Å²) in [5.41, 5.74) is 7.27. The molecule has 5 nitrogen and oxygen atoms in total. The lowest BCUT2D eigenvalue weighted by atomic mass is 10.1. The van der Waals surface area contributed by atoms with Crippen LogP contribution in [-0.2, 0) is 6.42 Å². The van der Waals surface area contributed by atoms with Crippen molar-refractivity contribution in [1.29, 1.82) is 0 Å². The molecule has 0 bridgehead atoms. The van der Waals surface area contributed by atoms with E-state index in [0.29, 0.717) is 23.8 Å². The molecule has 3 rings (SSSR count). The van der Waals surface area contributed by atoms with Crippen molar-refractivity contribution in [2.24, 2.45) is 5.73 Å². The number of hydrogen-bond donors (Lipinski definition) is 3. The maximum atomic E-state index is 13.2. The van der Waals surface area contributed by atoms with Gasteiger partial charge in [-0.3, -0.25) is 4.79 Å². The summed E-state index contributed by atoms with van der Waals surface area (Å²) in [7, 11) is 0. The molecule has 2 aromatic heterocycles. The number of benzene rings is 1. The number of nitrogens with one attached hydrogen (secondary N) is 2. The molecular weight excluding hydrogens is 319 g/mol. The van der Waals surface area contributed by atoms with E-state index in [1.807, 2.05) is 6.20 Å². The summed E-state index contributed by atoms with van der Waals surface area (Å²) in [4.78, 5) is 18.2. The highest BCUT2D eigenvalue weighted by molar-refractivity contribution is 6.33. The lowest BCUT2D eigenvalue weighted by Crippen LogP contribution is -2.12. The summed E-state index contributed by atoms with van der Waals surface area (Å²) in [6.07, 6.45) is 3.95. The van der Waals surface area contributed by atoms with Crippen LogP contribution in [0.15, 0.2) is 36.7 Å². The van der Waals surface area contributed by atoms with Gasteiger partial charge in [0.1, 0.15) is 11.6 Å². The van der Waals surface area contributed by atoms with E-state index in [9.17, 15) is 9.18 Å². The van der Waals surface area contributed by atoms with Gasteiger partial charge >= 0.3 is 0 Å². The van der Waals surface area contributed by atoms with E-state index in [4.69, 9.17) is 17.3 Å². The van der Waals surface area contributed by atoms with Gasteiger partial charge in [0.15, 0.2) is 0 Å². The summed E-state index contributed by atoms with van der Waals surface area (Å²) in [5.74, 6) is -0.353. The largest absolute Gasteiger partial charge is 0.369 e. The first-order chi connectivity index (χ1) is 11.0. The molecule has 0 aliphatic carbocycles. The number of halogens is 2. The summed E-state index contributed by atoms with van der Waals surface area (Å²) < 4.78 is 13.2. The molecule has 118 valence electrons. The fraction of sp³-hybridized carbons (Fsp3) is 0.125. The number of nitrogens with zero attached hydrogens (tertiary/aromatic N) is 1. The average Bonchev–Trinajstić information content (AvgIpc) is 2.91. The van der Waals surface area contributed by atoms with Crippen molar-refractivity contribution in [3.05, 3.63) is 58.6 Å². The minimum atomic E-state index is -0.572. The number of carbonyl (C=O) groups is 1. The Labute approximate surface area is 136 Å². The Kier molecular flexibility index (Phi) is 4.16. The van der Waals surface area contributed by atoms with E-state index in [1.54, 1.807) is 6.07 Å². The van der Waals surface area contributed by atoms with Crippen LogP contribution in [0, 0.1) is 5.82 Å². The number of rotatable bonds is 5. The number of amides is 1. The number of aromatic nitrogens is 2. The van der Waals surface area contributed by atoms with Gasteiger partial charge < -0.3 is 16.0 Å². The second-order valence-corrected chi connectivity index (χ2v) is 5.51. The van der Waals surface area contributed by atoms with Gasteiger partial charge in [-0.2, -0.15) is 0 Å². The minimum Gasteiger partial charge on any atom is -0.369 e. The van der Waals surface area contributed by atoms with Crippen molar-refractivity contribution >= 4 is 34.2 Å². The maximum Gasteiger partial charge on any atom is 0.250 e. The Morgan fingerprint density at radius 3 is 2.96 bits per heavy atom. The Morgan fingerprint density at radius 2 is 2.22 bits per heavy atom. The number of H-pyrrole nitrogens is 1. The van der Waals surface area contributed by atoms with Crippen LogP contribution in [0.3, 0.4) is 0 Å². The highest BCUT2D eigenvalue weighted by Crippen LogP contribution is 2.22. The number of aromatic amines is 1. The van der Waals surface area contributed by atoms with Gasteiger partial charge in [0.25, 0.3) is 0 Å². The molecule has 0 saturated heterocycles. The summed E-state index contributed by atoms with van der Waals surface area (Å²) >= 11 is 6.07. The molecule has 4 N–H and O–H groups in total. The molecular formula is C16H14ClFN4O. The third-order valence-electron chi connectivity index (χ3n) is 3.54. The van der Waals surface area contributed by atoms with Gasteiger partial charge in [-0.05, 0) is 36.2 Å². The van der Waals surface area contributed by atoms with E-state index in [1.165, 1.54) is 24.4 Å². The summed E-state index contributed by atoms with van der Waals surface area (Å²) in [6.45, 7) is 0.590. The highest BCUT2D eigenvalue weighted by atomic mass is 35.5. The number of nitrogens with two attached hydrogens (primary N) is 1. The van der Waals surface area contributed by atoms with E-state index in [0.717, 1.165) is 16.5 Å². The van der Waals surface area contributed by atoms with Gasteiger partial charge in [0, 0.05) is 29.8 Å². The third-order valence-corrected chi connectivity index (χ3v) is 3.83. The molecule has 3 aromatic rings. The highest BCUT2D eigenvalue weighted by Gasteiger charge is 2.08. The third kappa shape index (κ3) is 3.27. The fourth-order valence-electron chi connectivity index (χ4n) is 2.38. The quantitative estimate of drug-likeness (QED) is 0.671. The van der Waals surface area contributed by atoms with Gasteiger partial charge in [-0.25, -0.2) is 9.37 Å². The van der Waals surface area contributed by atoms with Crippen LogP contribution in [0.25, 0.3) is 10.9 Å². The van der Waals surface area contributed by atoms with Crippen LogP contribution in [0.1, 0.15) is 15.9 Å². The molecule has 0 radical (unpaired) electrons. The van der Waals surface area contributed by atoms with E-state index >= 15 is 0 Å². The molecule has 0 fully saturated rings. The van der Waals surface area contributed by atoms with Crippen molar-refractivity contribution < 1.29 is 9.18 Å². The van der Waals surface area contributed by atoms with Crippen molar-refractivity contribution in [1.82, 2.24) is 9.97 Å². The van der Waals surface area contributed by atoms with Gasteiger partial charge in [0.2, 0.25) is 5.91 Å². The number of carbonyl (C=O) groups excluding carboxylic acids is 1. The number of primary amides is 1. The molecule has 1 aromatic carbocycles. The number of anilines is 1. The zero-order valence-electron chi connectivity index (χ0n) is 12.1. The smallest absolute Gasteiger partial charge is 0.250 e. The zero-order valence-corrected chi connectivity index (χ0v) is 12.8. The van der Waals surface area contributed by atoms with Crippen molar-refractivity contribution in [3.63, 3.8) is 0 Å².